The lowest BCUT2D eigenvalue weighted by molar-refractivity contribution is -0.147. The lowest BCUT2D eigenvalue weighted by Gasteiger charge is -2.19. The maximum absolute atomic E-state index is 12.9. The molecule has 31 heavy (non-hydrogen) atoms. The number of aryl methyl sites for hydroxylation is 1. The van der Waals surface area contributed by atoms with Gasteiger partial charge >= 0.3 is 5.97 Å². The normalized spacial score (nSPS) is 11.7. The van der Waals surface area contributed by atoms with E-state index in [-0.39, 0.29) is 24.4 Å². The topological polar surface area (TPSA) is 77.5 Å². The van der Waals surface area contributed by atoms with E-state index in [1.54, 1.807) is 49.4 Å². The second-order valence-electron chi connectivity index (χ2n) is 7.35. The third kappa shape index (κ3) is 6.93. The van der Waals surface area contributed by atoms with E-state index < -0.39 is 6.04 Å². The molecule has 1 N–H and O–H groups in total. The number of ether oxygens (including phenoxy) is 2. The molecule has 0 aliphatic heterocycles. The van der Waals surface area contributed by atoms with Crippen LogP contribution in [-0.2, 0) is 16.1 Å². The van der Waals surface area contributed by atoms with E-state index in [1.165, 1.54) is 0 Å². The van der Waals surface area contributed by atoms with Gasteiger partial charge in [-0.1, -0.05) is 36.4 Å². The van der Waals surface area contributed by atoms with Crippen LogP contribution in [0.25, 0.3) is 0 Å². The third-order valence-corrected chi connectivity index (χ3v) is 5.22. The molecule has 0 bridgehead atoms. The first-order chi connectivity index (χ1) is 14.9. The number of aromatic nitrogens is 1. The second kappa shape index (κ2) is 10.7. The minimum Gasteiger partial charge on any atom is -0.487 e. The molecule has 2 aromatic carbocycles. The summed E-state index contributed by atoms with van der Waals surface area (Å²) in [6, 6.07) is 15.8. The molecule has 162 valence electrons. The van der Waals surface area contributed by atoms with Crippen molar-refractivity contribution in [3.8, 4) is 5.75 Å². The van der Waals surface area contributed by atoms with Gasteiger partial charge in [0.15, 0.2) is 0 Å². The summed E-state index contributed by atoms with van der Waals surface area (Å²) in [5, 5.41) is 5.88. The summed E-state index contributed by atoms with van der Waals surface area (Å²) < 4.78 is 11.1. The quantitative estimate of drug-likeness (QED) is 0.484. The Morgan fingerprint density at radius 1 is 1.10 bits per heavy atom. The summed E-state index contributed by atoms with van der Waals surface area (Å²) in [5.74, 6) is -0.0743. The average Bonchev–Trinajstić information content (AvgIpc) is 3.17. The summed E-state index contributed by atoms with van der Waals surface area (Å²) in [6.45, 7) is 5.88. The lowest BCUT2D eigenvalue weighted by Crippen LogP contribution is -2.31. The molecule has 0 aliphatic carbocycles. The Balaban J connectivity index is 1.69. The van der Waals surface area contributed by atoms with E-state index in [4.69, 9.17) is 9.47 Å². The van der Waals surface area contributed by atoms with Gasteiger partial charge in [0, 0.05) is 10.9 Å². The summed E-state index contributed by atoms with van der Waals surface area (Å²) in [5.41, 5.74) is 2.14. The van der Waals surface area contributed by atoms with Crippen molar-refractivity contribution in [1.29, 1.82) is 0 Å². The molecule has 1 aromatic heterocycles. The van der Waals surface area contributed by atoms with Crippen LogP contribution in [0.15, 0.2) is 60.0 Å². The molecule has 0 fully saturated rings. The van der Waals surface area contributed by atoms with Gasteiger partial charge in [-0.2, -0.15) is 0 Å². The van der Waals surface area contributed by atoms with Crippen molar-refractivity contribution in [1.82, 2.24) is 10.3 Å². The number of carbonyl (C=O) groups is 2. The monoisotopic (exact) mass is 438 g/mol. The molecule has 1 unspecified atom stereocenters. The number of nitrogens with one attached hydrogen (secondary N) is 1. The summed E-state index contributed by atoms with van der Waals surface area (Å²) in [6.07, 6.45) is -0.164. The average molecular weight is 439 g/mol. The van der Waals surface area contributed by atoms with E-state index >= 15 is 0 Å². The van der Waals surface area contributed by atoms with Crippen molar-refractivity contribution >= 4 is 23.2 Å². The molecule has 1 heterocycles. The lowest BCUT2D eigenvalue weighted by atomic mass is 10.0. The van der Waals surface area contributed by atoms with Crippen molar-refractivity contribution in [2.45, 2.75) is 45.9 Å². The first kappa shape index (κ1) is 22.5. The van der Waals surface area contributed by atoms with Crippen LogP contribution in [0.3, 0.4) is 0 Å². The Hall–Kier alpha value is -3.19. The predicted molar refractivity (Wildman–Crippen MR) is 120 cm³/mol. The van der Waals surface area contributed by atoms with Gasteiger partial charge in [-0.25, -0.2) is 4.98 Å². The SMILES string of the molecule is Cc1nc(COc2cccc(C(=O)NC(CC(=O)OC(C)C)c3ccccc3)c2)cs1. The first-order valence-electron chi connectivity index (χ1n) is 10.1. The molecule has 0 aliphatic rings. The first-order valence-corrected chi connectivity index (χ1v) is 11.0. The molecule has 1 amide bonds. The molecule has 1 atom stereocenters. The Morgan fingerprint density at radius 3 is 2.55 bits per heavy atom. The molecule has 0 saturated carbocycles. The maximum Gasteiger partial charge on any atom is 0.308 e. The van der Waals surface area contributed by atoms with E-state index in [1.807, 2.05) is 42.6 Å². The molecular weight excluding hydrogens is 412 g/mol. The Bertz CT molecular complexity index is 1020. The highest BCUT2D eigenvalue weighted by Gasteiger charge is 2.21. The summed E-state index contributed by atoms with van der Waals surface area (Å²) >= 11 is 1.57. The summed E-state index contributed by atoms with van der Waals surface area (Å²) in [7, 11) is 0. The van der Waals surface area contributed by atoms with Crippen molar-refractivity contribution in [2.75, 3.05) is 0 Å². The number of benzene rings is 2. The molecule has 7 heteroatoms. The van der Waals surface area contributed by atoms with Gasteiger partial charge in [0.05, 0.1) is 29.3 Å². The van der Waals surface area contributed by atoms with Crippen molar-refractivity contribution < 1.29 is 19.1 Å². The Kier molecular flexibility index (Phi) is 7.78. The van der Waals surface area contributed by atoms with Crippen LogP contribution >= 0.6 is 11.3 Å². The molecular formula is C24H26N2O4S. The van der Waals surface area contributed by atoms with E-state index in [0.29, 0.717) is 17.9 Å². The highest BCUT2D eigenvalue weighted by atomic mass is 32.1. The number of rotatable bonds is 9. The number of nitrogens with zero attached hydrogens (tertiary/aromatic N) is 1. The smallest absolute Gasteiger partial charge is 0.308 e. The number of esters is 1. The van der Waals surface area contributed by atoms with Gasteiger partial charge in [-0.3, -0.25) is 9.59 Å². The van der Waals surface area contributed by atoms with Crippen LogP contribution in [0.4, 0.5) is 0 Å². The van der Waals surface area contributed by atoms with E-state index in [0.717, 1.165) is 16.3 Å². The fourth-order valence-electron chi connectivity index (χ4n) is 3.02. The standard InChI is InChI=1S/C24H26N2O4S/c1-16(2)30-23(27)13-22(18-8-5-4-6-9-18)26-24(28)19-10-7-11-21(12-19)29-14-20-15-31-17(3)25-20/h4-12,15-16,22H,13-14H2,1-3H3,(H,26,28). The predicted octanol–water partition coefficient (Wildman–Crippen LogP) is 4.84. The van der Waals surface area contributed by atoms with Crippen LogP contribution in [0, 0.1) is 6.92 Å². The van der Waals surface area contributed by atoms with Crippen LogP contribution in [0.2, 0.25) is 0 Å². The van der Waals surface area contributed by atoms with Crippen molar-refractivity contribution in [3.05, 3.63) is 81.8 Å². The molecule has 3 aromatic rings. The van der Waals surface area contributed by atoms with Gasteiger partial charge in [0.1, 0.15) is 12.4 Å². The second-order valence-corrected chi connectivity index (χ2v) is 8.42. The number of hydrogen-bond acceptors (Lipinski definition) is 6. The zero-order valence-corrected chi connectivity index (χ0v) is 18.6. The number of carbonyl (C=O) groups excluding carboxylic acids is 2. The highest BCUT2D eigenvalue weighted by Crippen LogP contribution is 2.21. The Morgan fingerprint density at radius 2 is 1.87 bits per heavy atom. The van der Waals surface area contributed by atoms with Gasteiger partial charge < -0.3 is 14.8 Å². The number of amides is 1. The van der Waals surface area contributed by atoms with Crippen LogP contribution < -0.4 is 10.1 Å². The molecule has 0 spiro atoms. The molecule has 6 nitrogen and oxygen atoms in total. The molecule has 0 saturated heterocycles. The zero-order chi connectivity index (χ0) is 22.2. The number of hydrogen-bond donors (Lipinski definition) is 1. The summed E-state index contributed by atoms with van der Waals surface area (Å²) in [4.78, 5) is 29.5. The van der Waals surface area contributed by atoms with E-state index in [2.05, 4.69) is 10.3 Å². The zero-order valence-electron chi connectivity index (χ0n) is 17.8. The largest absolute Gasteiger partial charge is 0.487 e. The minimum absolute atomic E-state index is 0.0489. The van der Waals surface area contributed by atoms with Crippen molar-refractivity contribution in [2.24, 2.45) is 0 Å². The molecule has 0 radical (unpaired) electrons. The maximum atomic E-state index is 12.9. The van der Waals surface area contributed by atoms with Gasteiger partial charge in [0.2, 0.25) is 0 Å². The number of thiazole rings is 1. The highest BCUT2D eigenvalue weighted by molar-refractivity contribution is 7.09. The van der Waals surface area contributed by atoms with Crippen LogP contribution in [0.1, 0.15) is 52.9 Å². The van der Waals surface area contributed by atoms with Gasteiger partial charge in [-0.15, -0.1) is 11.3 Å². The third-order valence-electron chi connectivity index (χ3n) is 4.39. The van der Waals surface area contributed by atoms with E-state index in [9.17, 15) is 9.59 Å². The minimum atomic E-state index is -0.498. The van der Waals surface area contributed by atoms with Crippen LogP contribution in [0.5, 0.6) is 5.75 Å². The Labute approximate surface area is 186 Å². The van der Waals surface area contributed by atoms with Gasteiger partial charge in [-0.05, 0) is 44.5 Å². The van der Waals surface area contributed by atoms with Crippen LogP contribution in [-0.4, -0.2) is 23.0 Å². The van der Waals surface area contributed by atoms with Gasteiger partial charge in [0.25, 0.3) is 5.91 Å². The van der Waals surface area contributed by atoms with Crippen molar-refractivity contribution in [3.63, 3.8) is 0 Å². The fourth-order valence-corrected chi connectivity index (χ4v) is 3.61. The fraction of sp³-hybridized carbons (Fsp3) is 0.292. The molecule has 3 rings (SSSR count).